The number of piperazine rings is 1. The van der Waals surface area contributed by atoms with Gasteiger partial charge in [0.1, 0.15) is 11.3 Å². The number of rotatable bonds is 1. The Morgan fingerprint density at radius 2 is 2.33 bits per heavy atom. The van der Waals surface area contributed by atoms with Crippen LogP contribution in [0.4, 0.5) is 4.79 Å². The number of aromatic nitrogens is 3. The molecule has 1 saturated heterocycles. The number of H-pyrrole nitrogens is 1. The fourth-order valence-electron chi connectivity index (χ4n) is 1.88. The number of carbonyl (C=O) groups excluding carboxylic acids is 1. The van der Waals surface area contributed by atoms with Crippen LogP contribution in [0.25, 0.3) is 0 Å². The first kappa shape index (κ1) is 12.8. The van der Waals surface area contributed by atoms with Gasteiger partial charge in [-0.3, -0.25) is 4.90 Å². The van der Waals surface area contributed by atoms with Crippen LogP contribution in [-0.2, 0) is 4.74 Å². The van der Waals surface area contributed by atoms with Gasteiger partial charge in [0.15, 0.2) is 0 Å². The van der Waals surface area contributed by atoms with E-state index in [1.54, 1.807) is 11.1 Å². The van der Waals surface area contributed by atoms with Crippen molar-refractivity contribution < 1.29 is 9.53 Å². The predicted molar refractivity (Wildman–Crippen MR) is 64.9 cm³/mol. The molecule has 7 heteroatoms. The van der Waals surface area contributed by atoms with Crippen molar-refractivity contribution in [2.45, 2.75) is 32.4 Å². The summed E-state index contributed by atoms with van der Waals surface area (Å²) in [4.78, 5) is 13.8. The molecule has 1 aliphatic heterocycles. The highest BCUT2D eigenvalue weighted by Crippen LogP contribution is 2.22. The molecule has 100 valence electrons. The summed E-state index contributed by atoms with van der Waals surface area (Å²) in [6.45, 7) is 7.60. The van der Waals surface area contributed by atoms with Crippen LogP contribution >= 0.6 is 0 Å². The van der Waals surface area contributed by atoms with E-state index in [-0.39, 0.29) is 12.1 Å². The lowest BCUT2D eigenvalue weighted by Crippen LogP contribution is -2.50. The van der Waals surface area contributed by atoms with Crippen molar-refractivity contribution in [3.8, 4) is 0 Å². The average molecular weight is 253 g/mol. The summed E-state index contributed by atoms with van der Waals surface area (Å²) in [7, 11) is 0. The molecule has 0 aliphatic carbocycles. The van der Waals surface area contributed by atoms with Crippen LogP contribution < -0.4 is 5.32 Å². The van der Waals surface area contributed by atoms with Crippen LogP contribution in [0.1, 0.15) is 32.5 Å². The van der Waals surface area contributed by atoms with Crippen LogP contribution in [-0.4, -0.2) is 51.6 Å². The van der Waals surface area contributed by atoms with E-state index in [0.29, 0.717) is 13.1 Å². The maximum absolute atomic E-state index is 12.1. The minimum atomic E-state index is -0.490. The summed E-state index contributed by atoms with van der Waals surface area (Å²) in [5.74, 6) is 0. The molecular formula is C11H19N5O2. The first-order valence-electron chi connectivity index (χ1n) is 6.03. The highest BCUT2D eigenvalue weighted by atomic mass is 16.6. The zero-order valence-corrected chi connectivity index (χ0v) is 10.9. The molecule has 7 nitrogen and oxygen atoms in total. The van der Waals surface area contributed by atoms with Crippen molar-refractivity contribution in [1.82, 2.24) is 25.6 Å². The molecule has 1 unspecified atom stereocenters. The summed E-state index contributed by atoms with van der Waals surface area (Å²) in [6, 6.07) is -0.132. The molecular weight excluding hydrogens is 234 g/mol. The minimum Gasteiger partial charge on any atom is -0.444 e. The summed E-state index contributed by atoms with van der Waals surface area (Å²) in [5, 5.41) is 13.6. The lowest BCUT2D eigenvalue weighted by atomic mass is 10.1. The monoisotopic (exact) mass is 253 g/mol. The van der Waals surface area contributed by atoms with Crippen molar-refractivity contribution in [3.63, 3.8) is 0 Å². The van der Waals surface area contributed by atoms with Crippen LogP contribution in [0.2, 0.25) is 0 Å². The maximum atomic E-state index is 12.1. The van der Waals surface area contributed by atoms with Crippen molar-refractivity contribution >= 4 is 6.09 Å². The van der Waals surface area contributed by atoms with Gasteiger partial charge in [0.25, 0.3) is 0 Å². The van der Waals surface area contributed by atoms with E-state index >= 15 is 0 Å². The van der Waals surface area contributed by atoms with Crippen molar-refractivity contribution in [2.24, 2.45) is 0 Å². The second-order valence-electron chi connectivity index (χ2n) is 5.29. The molecule has 0 spiro atoms. The van der Waals surface area contributed by atoms with Gasteiger partial charge in [-0.05, 0) is 20.8 Å². The number of amides is 1. The first-order valence-corrected chi connectivity index (χ1v) is 6.03. The highest BCUT2D eigenvalue weighted by Gasteiger charge is 2.32. The van der Waals surface area contributed by atoms with Crippen molar-refractivity contribution in [2.75, 3.05) is 19.6 Å². The van der Waals surface area contributed by atoms with Gasteiger partial charge in [0, 0.05) is 19.6 Å². The molecule has 0 bridgehead atoms. The van der Waals surface area contributed by atoms with Crippen LogP contribution in [0, 0.1) is 0 Å². The molecule has 0 radical (unpaired) electrons. The zero-order chi connectivity index (χ0) is 13.2. The summed E-state index contributed by atoms with van der Waals surface area (Å²) in [5.41, 5.74) is 0.254. The summed E-state index contributed by atoms with van der Waals surface area (Å²) < 4.78 is 5.41. The third kappa shape index (κ3) is 2.98. The van der Waals surface area contributed by atoms with Crippen LogP contribution in [0.3, 0.4) is 0 Å². The minimum absolute atomic E-state index is 0.132. The highest BCUT2D eigenvalue weighted by molar-refractivity contribution is 5.69. The predicted octanol–water partition coefficient (Wildman–Crippen LogP) is 0.686. The Hall–Kier alpha value is -1.63. The lowest BCUT2D eigenvalue weighted by Gasteiger charge is -2.36. The standard InChI is InChI=1S/C11H19N5O2/c1-11(2,3)18-10(17)16-5-4-12-7-9(16)8-6-13-15-14-8/h6,9,12H,4-5,7H2,1-3H3,(H,13,14,15). The number of nitrogens with one attached hydrogen (secondary N) is 2. The maximum Gasteiger partial charge on any atom is 0.410 e. The SMILES string of the molecule is CC(C)(C)OC(=O)N1CCNCC1c1cn[nH]n1. The number of nitrogens with zero attached hydrogens (tertiary/aromatic N) is 3. The Labute approximate surface area is 106 Å². The van der Waals surface area contributed by atoms with Gasteiger partial charge in [0.2, 0.25) is 0 Å². The molecule has 0 aromatic carbocycles. The van der Waals surface area contributed by atoms with E-state index in [0.717, 1.165) is 12.2 Å². The van der Waals surface area contributed by atoms with Gasteiger partial charge in [-0.15, -0.1) is 0 Å². The molecule has 1 aliphatic rings. The van der Waals surface area contributed by atoms with E-state index in [1.165, 1.54) is 0 Å². The van der Waals surface area contributed by atoms with Gasteiger partial charge >= 0.3 is 6.09 Å². The Morgan fingerprint density at radius 3 is 2.94 bits per heavy atom. The Bertz CT molecular complexity index is 398. The molecule has 1 amide bonds. The van der Waals surface area contributed by atoms with E-state index in [9.17, 15) is 4.79 Å². The Balaban J connectivity index is 2.11. The van der Waals surface area contributed by atoms with E-state index in [4.69, 9.17) is 4.74 Å². The molecule has 1 atom stereocenters. The average Bonchev–Trinajstić information content (AvgIpc) is 2.80. The van der Waals surface area contributed by atoms with Gasteiger partial charge in [-0.1, -0.05) is 0 Å². The molecule has 1 aromatic rings. The smallest absolute Gasteiger partial charge is 0.410 e. The summed E-state index contributed by atoms with van der Waals surface area (Å²) in [6.07, 6.45) is 1.33. The topological polar surface area (TPSA) is 83.1 Å². The molecule has 2 N–H and O–H groups in total. The van der Waals surface area contributed by atoms with Crippen LogP contribution in [0.15, 0.2) is 6.20 Å². The lowest BCUT2D eigenvalue weighted by molar-refractivity contribution is 0.0113. The molecule has 18 heavy (non-hydrogen) atoms. The van der Waals surface area contributed by atoms with E-state index in [1.807, 2.05) is 20.8 Å². The molecule has 2 heterocycles. The number of ether oxygens (including phenoxy) is 1. The second-order valence-corrected chi connectivity index (χ2v) is 5.29. The number of hydrogen-bond acceptors (Lipinski definition) is 5. The number of hydrogen-bond donors (Lipinski definition) is 2. The third-order valence-electron chi connectivity index (χ3n) is 2.65. The second kappa shape index (κ2) is 4.93. The van der Waals surface area contributed by atoms with Crippen molar-refractivity contribution in [1.29, 1.82) is 0 Å². The van der Waals surface area contributed by atoms with E-state index < -0.39 is 5.60 Å². The molecule has 1 aromatic heterocycles. The van der Waals surface area contributed by atoms with Gasteiger partial charge in [-0.2, -0.15) is 15.4 Å². The normalized spacial score (nSPS) is 20.8. The first-order chi connectivity index (χ1) is 8.47. The van der Waals surface area contributed by atoms with Crippen molar-refractivity contribution in [3.05, 3.63) is 11.9 Å². The Morgan fingerprint density at radius 1 is 1.56 bits per heavy atom. The third-order valence-corrected chi connectivity index (χ3v) is 2.65. The molecule has 0 saturated carbocycles. The quantitative estimate of drug-likeness (QED) is 0.769. The van der Waals surface area contributed by atoms with Crippen LogP contribution in [0.5, 0.6) is 0 Å². The largest absolute Gasteiger partial charge is 0.444 e. The van der Waals surface area contributed by atoms with Gasteiger partial charge < -0.3 is 10.1 Å². The van der Waals surface area contributed by atoms with E-state index in [2.05, 4.69) is 20.7 Å². The fourth-order valence-corrected chi connectivity index (χ4v) is 1.88. The Kier molecular flexibility index (Phi) is 3.51. The molecule has 2 rings (SSSR count). The van der Waals surface area contributed by atoms with Gasteiger partial charge in [-0.25, -0.2) is 4.79 Å². The van der Waals surface area contributed by atoms with Gasteiger partial charge in [0.05, 0.1) is 12.2 Å². The number of aromatic amines is 1. The zero-order valence-electron chi connectivity index (χ0n) is 10.9. The number of carbonyl (C=O) groups is 1. The summed E-state index contributed by atoms with van der Waals surface area (Å²) >= 11 is 0. The molecule has 1 fully saturated rings. The fraction of sp³-hybridized carbons (Fsp3) is 0.727.